The van der Waals surface area contributed by atoms with Gasteiger partial charge in [-0.2, -0.15) is 0 Å². The number of nitrogens with one attached hydrogen (secondary N) is 1. The Morgan fingerprint density at radius 1 is 1.42 bits per heavy atom. The molecule has 0 unspecified atom stereocenters. The molecule has 4 heteroatoms. The summed E-state index contributed by atoms with van der Waals surface area (Å²) in [5.74, 6) is 1.33. The number of carbonyl (C=O) groups is 1. The first-order chi connectivity index (χ1) is 8.93. The molecular weight excluding hydrogens is 258 g/mol. The van der Waals surface area contributed by atoms with E-state index in [2.05, 4.69) is 30.4 Å². The molecule has 0 saturated heterocycles. The van der Waals surface area contributed by atoms with Gasteiger partial charge in [0, 0.05) is 24.3 Å². The van der Waals surface area contributed by atoms with Crippen LogP contribution in [-0.2, 0) is 10.5 Å². The van der Waals surface area contributed by atoms with Crippen molar-refractivity contribution in [3.63, 3.8) is 0 Å². The van der Waals surface area contributed by atoms with E-state index in [0.29, 0.717) is 12.3 Å². The molecule has 1 rings (SSSR count). The quantitative estimate of drug-likeness (QED) is 0.806. The van der Waals surface area contributed by atoms with Crippen molar-refractivity contribution >= 4 is 17.7 Å². The molecule has 0 atom stereocenters. The van der Waals surface area contributed by atoms with Crippen molar-refractivity contribution in [2.24, 2.45) is 5.41 Å². The van der Waals surface area contributed by atoms with E-state index in [1.807, 2.05) is 19.9 Å². The number of aliphatic hydroxyl groups excluding tert-OH is 1. The molecule has 3 nitrogen and oxygen atoms in total. The Kier molecular flexibility index (Phi) is 6.38. The zero-order valence-corrected chi connectivity index (χ0v) is 12.7. The predicted octanol–water partition coefficient (Wildman–Crippen LogP) is 2.36. The maximum absolute atomic E-state index is 11.6. The van der Waals surface area contributed by atoms with E-state index in [0.717, 1.165) is 5.75 Å². The van der Waals surface area contributed by atoms with Gasteiger partial charge in [0.1, 0.15) is 0 Å². The molecular formula is C15H23NO2S. The van der Waals surface area contributed by atoms with Crippen LogP contribution in [0, 0.1) is 12.3 Å². The highest BCUT2D eigenvalue weighted by molar-refractivity contribution is 7.99. The molecule has 0 aliphatic rings. The van der Waals surface area contributed by atoms with E-state index >= 15 is 0 Å². The molecule has 0 radical (unpaired) electrons. The standard InChI is InChI=1S/C15H23NO2S/c1-12-5-4-6-13(7-12)8-19-9-14(18)16-10-15(2,3)11-17/h4-7,17H,8-11H2,1-3H3,(H,16,18). The summed E-state index contributed by atoms with van der Waals surface area (Å²) in [6, 6.07) is 8.32. The van der Waals surface area contributed by atoms with Crippen molar-refractivity contribution < 1.29 is 9.90 Å². The largest absolute Gasteiger partial charge is 0.396 e. The molecule has 0 bridgehead atoms. The van der Waals surface area contributed by atoms with Crippen molar-refractivity contribution in [2.75, 3.05) is 18.9 Å². The molecule has 0 heterocycles. The predicted molar refractivity (Wildman–Crippen MR) is 81.2 cm³/mol. The van der Waals surface area contributed by atoms with Gasteiger partial charge in [-0.1, -0.05) is 43.7 Å². The fraction of sp³-hybridized carbons (Fsp3) is 0.533. The minimum Gasteiger partial charge on any atom is -0.396 e. The molecule has 106 valence electrons. The number of rotatable bonds is 7. The number of carbonyl (C=O) groups excluding carboxylic acids is 1. The van der Waals surface area contributed by atoms with Crippen LogP contribution in [0.25, 0.3) is 0 Å². The maximum Gasteiger partial charge on any atom is 0.230 e. The van der Waals surface area contributed by atoms with Crippen LogP contribution < -0.4 is 5.32 Å². The van der Waals surface area contributed by atoms with Gasteiger partial charge >= 0.3 is 0 Å². The normalized spacial score (nSPS) is 11.4. The Morgan fingerprint density at radius 2 is 2.16 bits per heavy atom. The monoisotopic (exact) mass is 281 g/mol. The first kappa shape index (κ1) is 16.1. The second-order valence-electron chi connectivity index (χ2n) is 5.58. The van der Waals surface area contributed by atoms with Gasteiger partial charge in [0.2, 0.25) is 5.91 Å². The lowest BCUT2D eigenvalue weighted by atomic mass is 9.95. The van der Waals surface area contributed by atoms with Crippen molar-refractivity contribution in [1.82, 2.24) is 5.32 Å². The third-order valence-electron chi connectivity index (χ3n) is 2.78. The maximum atomic E-state index is 11.6. The van der Waals surface area contributed by atoms with E-state index < -0.39 is 0 Å². The first-order valence-corrected chi connectivity index (χ1v) is 7.59. The summed E-state index contributed by atoms with van der Waals surface area (Å²) in [4.78, 5) is 11.6. The molecule has 1 aromatic rings. The lowest BCUT2D eigenvalue weighted by Crippen LogP contribution is -2.36. The van der Waals surface area contributed by atoms with Crippen LogP contribution in [-0.4, -0.2) is 29.9 Å². The van der Waals surface area contributed by atoms with Crippen molar-refractivity contribution in [2.45, 2.75) is 26.5 Å². The zero-order valence-electron chi connectivity index (χ0n) is 11.9. The third kappa shape index (κ3) is 6.64. The van der Waals surface area contributed by atoms with Crippen molar-refractivity contribution in [3.05, 3.63) is 35.4 Å². The van der Waals surface area contributed by atoms with Crippen LogP contribution in [0.5, 0.6) is 0 Å². The third-order valence-corrected chi connectivity index (χ3v) is 3.78. The molecule has 19 heavy (non-hydrogen) atoms. The molecule has 2 N–H and O–H groups in total. The Morgan fingerprint density at radius 3 is 2.79 bits per heavy atom. The summed E-state index contributed by atoms with van der Waals surface area (Å²) in [7, 11) is 0. The SMILES string of the molecule is Cc1cccc(CSCC(=O)NCC(C)(C)CO)c1. The van der Waals surface area contributed by atoms with Crippen LogP contribution in [0.2, 0.25) is 0 Å². The van der Waals surface area contributed by atoms with Gasteiger partial charge in [-0.05, 0) is 12.5 Å². The average molecular weight is 281 g/mol. The highest BCUT2D eigenvalue weighted by Gasteiger charge is 2.17. The molecule has 0 spiro atoms. The molecule has 0 aliphatic carbocycles. The van der Waals surface area contributed by atoms with Crippen molar-refractivity contribution in [3.8, 4) is 0 Å². The highest BCUT2D eigenvalue weighted by atomic mass is 32.2. The van der Waals surface area contributed by atoms with Gasteiger partial charge in [0.15, 0.2) is 0 Å². The zero-order chi connectivity index (χ0) is 14.3. The molecule has 1 aromatic carbocycles. The van der Waals surface area contributed by atoms with Crippen LogP contribution in [0.4, 0.5) is 0 Å². The Bertz CT molecular complexity index is 418. The summed E-state index contributed by atoms with van der Waals surface area (Å²) < 4.78 is 0. The average Bonchev–Trinajstić information content (AvgIpc) is 2.37. The second-order valence-corrected chi connectivity index (χ2v) is 6.57. The Labute approximate surface area is 119 Å². The summed E-state index contributed by atoms with van der Waals surface area (Å²) >= 11 is 1.61. The number of aryl methyl sites for hydroxylation is 1. The lowest BCUT2D eigenvalue weighted by Gasteiger charge is -2.21. The Hall–Kier alpha value is -1.00. The van der Waals surface area contributed by atoms with E-state index in [9.17, 15) is 4.79 Å². The fourth-order valence-electron chi connectivity index (χ4n) is 1.51. The van der Waals surface area contributed by atoms with Gasteiger partial charge in [0.05, 0.1) is 5.75 Å². The summed E-state index contributed by atoms with van der Waals surface area (Å²) in [6.07, 6.45) is 0. The van der Waals surface area contributed by atoms with Gasteiger partial charge in [0.25, 0.3) is 0 Å². The number of aliphatic hydroxyl groups is 1. The number of hydrogen-bond donors (Lipinski definition) is 2. The highest BCUT2D eigenvalue weighted by Crippen LogP contribution is 2.14. The number of thioether (sulfide) groups is 1. The second kappa shape index (κ2) is 7.56. The lowest BCUT2D eigenvalue weighted by molar-refractivity contribution is -0.119. The fourth-order valence-corrected chi connectivity index (χ4v) is 2.31. The van der Waals surface area contributed by atoms with Crippen LogP contribution in [0.1, 0.15) is 25.0 Å². The Balaban J connectivity index is 2.24. The van der Waals surface area contributed by atoms with Crippen LogP contribution in [0.3, 0.4) is 0 Å². The van der Waals surface area contributed by atoms with Gasteiger partial charge in [-0.25, -0.2) is 0 Å². The van der Waals surface area contributed by atoms with Gasteiger partial charge in [-0.3, -0.25) is 4.79 Å². The van der Waals surface area contributed by atoms with E-state index in [4.69, 9.17) is 5.11 Å². The van der Waals surface area contributed by atoms with E-state index in [1.165, 1.54) is 11.1 Å². The molecule has 0 fully saturated rings. The minimum absolute atomic E-state index is 0.0270. The summed E-state index contributed by atoms with van der Waals surface area (Å²) in [6.45, 7) is 6.50. The van der Waals surface area contributed by atoms with E-state index in [1.54, 1.807) is 11.8 Å². The molecule has 1 amide bonds. The summed E-state index contributed by atoms with van der Waals surface area (Å²) in [5, 5.41) is 12.0. The topological polar surface area (TPSA) is 49.3 Å². The molecule has 0 aliphatic heterocycles. The van der Waals surface area contributed by atoms with Gasteiger partial charge < -0.3 is 10.4 Å². The number of amides is 1. The van der Waals surface area contributed by atoms with Crippen LogP contribution >= 0.6 is 11.8 Å². The van der Waals surface area contributed by atoms with Crippen molar-refractivity contribution in [1.29, 1.82) is 0 Å². The van der Waals surface area contributed by atoms with E-state index in [-0.39, 0.29) is 17.9 Å². The minimum atomic E-state index is -0.253. The first-order valence-electron chi connectivity index (χ1n) is 6.44. The smallest absolute Gasteiger partial charge is 0.230 e. The molecule has 0 saturated carbocycles. The molecule has 0 aromatic heterocycles. The van der Waals surface area contributed by atoms with Gasteiger partial charge in [-0.15, -0.1) is 11.8 Å². The summed E-state index contributed by atoms with van der Waals surface area (Å²) in [5.41, 5.74) is 2.23. The number of benzene rings is 1. The number of hydrogen-bond acceptors (Lipinski definition) is 3. The van der Waals surface area contributed by atoms with Crippen LogP contribution in [0.15, 0.2) is 24.3 Å².